The average Bonchev–Trinajstić information content (AvgIpc) is 3.24. The van der Waals surface area contributed by atoms with Crippen molar-refractivity contribution in [3.63, 3.8) is 0 Å². The van der Waals surface area contributed by atoms with Crippen molar-refractivity contribution in [2.24, 2.45) is 5.92 Å². The number of aromatic nitrogens is 3. The number of halogens is 1. The monoisotopic (exact) mass is 532 g/mol. The first-order valence-electron chi connectivity index (χ1n) is 10.8. The Kier molecular flexibility index (Phi) is 5.79. The second-order valence-electron chi connectivity index (χ2n) is 8.44. The maximum atomic E-state index is 11.7. The lowest BCUT2D eigenvalue weighted by molar-refractivity contribution is 0.181. The molecule has 11 heteroatoms. The molecule has 1 fully saturated rings. The molecule has 0 spiro atoms. The van der Waals surface area contributed by atoms with Gasteiger partial charge in [-0.25, -0.2) is 12.7 Å². The Labute approximate surface area is 200 Å². The van der Waals surface area contributed by atoms with Gasteiger partial charge in [0.2, 0.25) is 15.9 Å². The Morgan fingerprint density at radius 1 is 1.27 bits per heavy atom. The lowest BCUT2D eigenvalue weighted by Crippen LogP contribution is -2.39. The number of hydrogen-bond acceptors (Lipinski definition) is 7. The molecule has 0 bridgehead atoms. The van der Waals surface area contributed by atoms with Crippen molar-refractivity contribution in [3.8, 4) is 5.88 Å². The Bertz CT molecular complexity index is 1350. The number of anilines is 2. The van der Waals surface area contributed by atoms with E-state index in [0.717, 1.165) is 35.2 Å². The highest BCUT2D eigenvalue weighted by Gasteiger charge is 2.26. The third-order valence-electron chi connectivity index (χ3n) is 6.20. The van der Waals surface area contributed by atoms with E-state index in [1.807, 2.05) is 12.1 Å². The van der Waals surface area contributed by atoms with Gasteiger partial charge in [0.15, 0.2) is 5.65 Å². The fourth-order valence-electron chi connectivity index (χ4n) is 4.29. The molecule has 0 saturated carbocycles. The van der Waals surface area contributed by atoms with Crippen molar-refractivity contribution in [2.75, 3.05) is 43.5 Å². The van der Waals surface area contributed by atoms with Gasteiger partial charge in [-0.15, -0.1) is 0 Å². The SMILES string of the molecule is CS(=O)(=O)N1CCC(COc2nc3c(C4=Cc5ccccc5NC4)cnn3c(N)c2Br)CC1. The normalized spacial score (nSPS) is 17.5. The number of para-hydroxylation sites is 1. The van der Waals surface area contributed by atoms with Gasteiger partial charge in [0.25, 0.3) is 0 Å². The van der Waals surface area contributed by atoms with Gasteiger partial charge >= 0.3 is 0 Å². The molecular formula is C22H25BrN6O3S. The zero-order chi connectivity index (χ0) is 23.2. The summed E-state index contributed by atoms with van der Waals surface area (Å²) >= 11 is 3.50. The second-order valence-corrected chi connectivity index (χ2v) is 11.2. The van der Waals surface area contributed by atoms with Gasteiger partial charge in [-0.3, -0.25) is 0 Å². The van der Waals surface area contributed by atoms with Gasteiger partial charge in [-0.2, -0.15) is 14.6 Å². The summed E-state index contributed by atoms with van der Waals surface area (Å²) in [5.41, 5.74) is 11.1. The summed E-state index contributed by atoms with van der Waals surface area (Å²) in [6.07, 6.45) is 6.66. The van der Waals surface area contributed by atoms with E-state index in [4.69, 9.17) is 15.5 Å². The molecule has 33 heavy (non-hydrogen) atoms. The van der Waals surface area contributed by atoms with Crippen molar-refractivity contribution in [1.29, 1.82) is 0 Å². The standard InChI is InChI=1S/C22H25BrN6O3S/c1-33(30,31)28-8-6-14(7-9-28)13-32-22-19(23)20(24)29-21(27-22)17(12-26-29)16-10-15-4-2-3-5-18(15)25-11-16/h2-5,10,12,14,25H,6-9,11,13,24H2,1H3. The number of sulfonamides is 1. The summed E-state index contributed by atoms with van der Waals surface area (Å²) in [6.45, 7) is 2.13. The van der Waals surface area contributed by atoms with E-state index in [9.17, 15) is 8.42 Å². The van der Waals surface area contributed by atoms with Crippen LogP contribution in [-0.2, 0) is 10.0 Å². The molecule has 2 aliphatic rings. The van der Waals surface area contributed by atoms with E-state index in [2.05, 4.69) is 44.6 Å². The van der Waals surface area contributed by atoms with Gasteiger partial charge in [0, 0.05) is 30.9 Å². The number of hydrogen-bond donors (Lipinski definition) is 2. The van der Waals surface area contributed by atoms with Crippen LogP contribution in [0, 0.1) is 5.92 Å². The van der Waals surface area contributed by atoms with Crippen LogP contribution in [-0.4, -0.2) is 59.8 Å². The minimum absolute atomic E-state index is 0.250. The topological polar surface area (TPSA) is 115 Å². The number of nitrogen functional groups attached to an aromatic ring is 1. The molecule has 2 aliphatic heterocycles. The molecule has 0 radical (unpaired) electrons. The zero-order valence-electron chi connectivity index (χ0n) is 18.2. The van der Waals surface area contributed by atoms with E-state index in [0.29, 0.717) is 48.1 Å². The number of fused-ring (bicyclic) bond motifs is 2. The van der Waals surface area contributed by atoms with Gasteiger partial charge in [-0.1, -0.05) is 18.2 Å². The Morgan fingerprint density at radius 3 is 2.79 bits per heavy atom. The highest BCUT2D eigenvalue weighted by Crippen LogP contribution is 2.35. The predicted octanol–water partition coefficient (Wildman–Crippen LogP) is 3.09. The Balaban J connectivity index is 1.39. The van der Waals surface area contributed by atoms with E-state index < -0.39 is 10.0 Å². The van der Waals surface area contributed by atoms with Crippen LogP contribution < -0.4 is 15.8 Å². The van der Waals surface area contributed by atoms with E-state index in [1.54, 1.807) is 10.7 Å². The third kappa shape index (κ3) is 4.32. The summed E-state index contributed by atoms with van der Waals surface area (Å²) < 4.78 is 33.2. The molecule has 0 amide bonds. The minimum atomic E-state index is -3.14. The van der Waals surface area contributed by atoms with Gasteiger partial charge < -0.3 is 15.8 Å². The summed E-state index contributed by atoms with van der Waals surface area (Å²) in [5, 5.41) is 7.88. The highest BCUT2D eigenvalue weighted by molar-refractivity contribution is 9.10. The lowest BCUT2D eigenvalue weighted by atomic mass is 9.99. The number of nitrogens with zero attached hydrogens (tertiary/aromatic N) is 4. The van der Waals surface area contributed by atoms with Crippen molar-refractivity contribution < 1.29 is 13.2 Å². The molecule has 4 heterocycles. The van der Waals surface area contributed by atoms with Crippen molar-refractivity contribution >= 4 is 54.8 Å². The molecule has 3 N–H and O–H groups in total. The minimum Gasteiger partial charge on any atom is -0.476 e. The molecule has 2 aromatic heterocycles. The van der Waals surface area contributed by atoms with Crippen LogP contribution >= 0.6 is 15.9 Å². The third-order valence-corrected chi connectivity index (χ3v) is 8.24. The van der Waals surface area contributed by atoms with E-state index in [1.165, 1.54) is 10.6 Å². The van der Waals surface area contributed by atoms with Crippen molar-refractivity contribution in [1.82, 2.24) is 18.9 Å². The zero-order valence-corrected chi connectivity index (χ0v) is 20.6. The van der Waals surface area contributed by atoms with Gasteiger partial charge in [0.05, 0.1) is 19.1 Å². The van der Waals surface area contributed by atoms with Crippen molar-refractivity contribution in [2.45, 2.75) is 12.8 Å². The lowest BCUT2D eigenvalue weighted by Gasteiger charge is -2.30. The fourth-order valence-corrected chi connectivity index (χ4v) is 5.53. The van der Waals surface area contributed by atoms with Gasteiger partial charge in [-0.05, 0) is 58.0 Å². The number of benzene rings is 1. The molecule has 5 rings (SSSR count). The summed E-state index contributed by atoms with van der Waals surface area (Å²) in [6, 6.07) is 8.14. The van der Waals surface area contributed by atoms with Gasteiger partial charge in [0.1, 0.15) is 10.3 Å². The average molecular weight is 533 g/mol. The van der Waals surface area contributed by atoms with E-state index in [-0.39, 0.29) is 5.92 Å². The summed E-state index contributed by atoms with van der Waals surface area (Å²) in [5.74, 6) is 1.08. The quantitative estimate of drug-likeness (QED) is 0.518. The van der Waals surface area contributed by atoms with Crippen molar-refractivity contribution in [3.05, 3.63) is 46.1 Å². The summed E-state index contributed by atoms with van der Waals surface area (Å²) in [4.78, 5) is 4.74. The molecule has 0 unspecified atom stereocenters. The molecule has 9 nitrogen and oxygen atoms in total. The number of nitrogens with one attached hydrogen (secondary N) is 1. The highest BCUT2D eigenvalue weighted by atomic mass is 79.9. The van der Waals surface area contributed by atoms with Crippen LogP contribution in [0.2, 0.25) is 0 Å². The maximum absolute atomic E-state index is 11.7. The van der Waals surface area contributed by atoms with Crippen LogP contribution in [0.15, 0.2) is 34.9 Å². The molecule has 3 aromatic rings. The first-order valence-corrected chi connectivity index (χ1v) is 13.4. The largest absolute Gasteiger partial charge is 0.476 e. The number of nitrogens with two attached hydrogens (primary N) is 1. The smallest absolute Gasteiger partial charge is 0.233 e. The predicted molar refractivity (Wildman–Crippen MR) is 133 cm³/mol. The molecule has 1 aromatic carbocycles. The number of ether oxygens (including phenoxy) is 1. The first kappa shape index (κ1) is 22.2. The molecule has 1 saturated heterocycles. The molecular weight excluding hydrogens is 508 g/mol. The van der Waals surface area contributed by atoms with Crippen LogP contribution in [0.3, 0.4) is 0 Å². The number of rotatable bonds is 5. The molecule has 0 aliphatic carbocycles. The van der Waals surface area contributed by atoms with Crippen LogP contribution in [0.4, 0.5) is 11.5 Å². The Hall–Kier alpha value is -2.63. The molecule has 0 atom stereocenters. The fraction of sp³-hybridized carbons (Fsp3) is 0.364. The van der Waals surface area contributed by atoms with Crippen LogP contribution in [0.5, 0.6) is 5.88 Å². The second kappa shape index (κ2) is 8.62. The van der Waals surface area contributed by atoms with E-state index >= 15 is 0 Å². The molecule has 174 valence electrons. The summed E-state index contributed by atoms with van der Waals surface area (Å²) in [7, 11) is -3.14. The van der Waals surface area contributed by atoms with Crippen LogP contribution in [0.1, 0.15) is 24.0 Å². The Morgan fingerprint density at radius 2 is 2.03 bits per heavy atom. The van der Waals surface area contributed by atoms with Crippen LogP contribution in [0.25, 0.3) is 17.3 Å². The first-order chi connectivity index (χ1) is 15.8. The maximum Gasteiger partial charge on any atom is 0.233 e. The number of piperidine rings is 1.